The molecule has 5 heteroatoms. The molecule has 1 fully saturated rings. The van der Waals surface area contributed by atoms with E-state index in [1.807, 2.05) is 49.4 Å². The summed E-state index contributed by atoms with van der Waals surface area (Å²) >= 11 is 0. The van der Waals surface area contributed by atoms with Gasteiger partial charge in [0.1, 0.15) is 11.9 Å². The maximum atomic E-state index is 12.6. The molecular weight excluding hydrogens is 318 g/mol. The summed E-state index contributed by atoms with van der Waals surface area (Å²) < 4.78 is 5.17. The fourth-order valence-electron chi connectivity index (χ4n) is 3.46. The fraction of sp³-hybridized carbons (Fsp3) is 0.350. The molecule has 1 aliphatic rings. The van der Waals surface area contributed by atoms with Crippen molar-refractivity contribution in [1.29, 1.82) is 0 Å². The Kier molecular flexibility index (Phi) is 5.06. The van der Waals surface area contributed by atoms with E-state index in [9.17, 15) is 15.0 Å². The van der Waals surface area contributed by atoms with Gasteiger partial charge in [-0.3, -0.25) is 4.79 Å². The van der Waals surface area contributed by atoms with Gasteiger partial charge in [-0.1, -0.05) is 30.3 Å². The molecule has 2 aromatic carbocycles. The molecule has 0 radical (unpaired) electrons. The van der Waals surface area contributed by atoms with Crippen molar-refractivity contribution in [3.8, 4) is 5.75 Å². The molecule has 0 bridgehead atoms. The number of amides is 1. The van der Waals surface area contributed by atoms with E-state index in [1.54, 1.807) is 13.2 Å². The van der Waals surface area contributed by atoms with Gasteiger partial charge < -0.3 is 20.3 Å². The molecule has 132 valence electrons. The van der Waals surface area contributed by atoms with Crippen LogP contribution in [0.1, 0.15) is 33.8 Å². The van der Waals surface area contributed by atoms with Gasteiger partial charge in [-0.05, 0) is 42.7 Å². The highest BCUT2D eigenvalue weighted by Gasteiger charge is 2.43. The number of aliphatic hydroxyl groups is 2. The lowest BCUT2D eigenvalue weighted by atomic mass is 9.93. The van der Waals surface area contributed by atoms with Crippen molar-refractivity contribution in [2.75, 3.05) is 7.11 Å². The van der Waals surface area contributed by atoms with Crippen molar-refractivity contribution in [2.45, 2.75) is 37.5 Å². The average molecular weight is 341 g/mol. The number of methoxy groups -OCH3 is 1. The van der Waals surface area contributed by atoms with Gasteiger partial charge in [0, 0.05) is 11.5 Å². The third-order valence-electron chi connectivity index (χ3n) is 4.92. The van der Waals surface area contributed by atoms with Crippen LogP contribution < -0.4 is 10.1 Å². The van der Waals surface area contributed by atoms with Crippen LogP contribution in [0.5, 0.6) is 5.75 Å². The molecule has 1 aliphatic carbocycles. The van der Waals surface area contributed by atoms with E-state index in [-0.39, 0.29) is 11.8 Å². The van der Waals surface area contributed by atoms with Crippen LogP contribution >= 0.6 is 0 Å². The first-order chi connectivity index (χ1) is 12.0. The molecule has 0 heterocycles. The first kappa shape index (κ1) is 17.5. The molecule has 0 saturated heterocycles. The highest BCUT2D eigenvalue weighted by Crippen LogP contribution is 2.36. The Bertz CT molecular complexity index is 744. The summed E-state index contributed by atoms with van der Waals surface area (Å²) in [5.74, 6) is 0.335. The predicted molar refractivity (Wildman–Crippen MR) is 94.8 cm³/mol. The van der Waals surface area contributed by atoms with Gasteiger partial charge in [-0.15, -0.1) is 0 Å². The zero-order chi connectivity index (χ0) is 18.0. The largest absolute Gasteiger partial charge is 0.497 e. The SMILES string of the molecule is COc1ccc(C2CC(O)C(O)C2NC(=O)c2ccccc2C)cc1. The van der Waals surface area contributed by atoms with Crippen LogP contribution in [0.15, 0.2) is 48.5 Å². The third-order valence-corrected chi connectivity index (χ3v) is 4.92. The number of aryl methyl sites for hydroxylation is 1. The number of aliphatic hydroxyl groups excluding tert-OH is 2. The lowest BCUT2D eigenvalue weighted by molar-refractivity contribution is 0.0294. The van der Waals surface area contributed by atoms with Crippen LogP contribution in [-0.4, -0.2) is 41.5 Å². The Morgan fingerprint density at radius 1 is 1.12 bits per heavy atom. The van der Waals surface area contributed by atoms with Crippen LogP contribution in [0.25, 0.3) is 0 Å². The van der Waals surface area contributed by atoms with E-state index >= 15 is 0 Å². The summed E-state index contributed by atoms with van der Waals surface area (Å²) in [5.41, 5.74) is 2.39. The lowest BCUT2D eigenvalue weighted by Gasteiger charge is -2.24. The topological polar surface area (TPSA) is 78.8 Å². The molecule has 25 heavy (non-hydrogen) atoms. The molecule has 1 saturated carbocycles. The monoisotopic (exact) mass is 341 g/mol. The lowest BCUT2D eigenvalue weighted by Crippen LogP contribution is -2.45. The van der Waals surface area contributed by atoms with Crippen molar-refractivity contribution in [3.05, 3.63) is 65.2 Å². The molecule has 1 amide bonds. The van der Waals surface area contributed by atoms with Gasteiger partial charge >= 0.3 is 0 Å². The maximum absolute atomic E-state index is 12.6. The summed E-state index contributed by atoms with van der Waals surface area (Å²) in [6.07, 6.45) is -1.47. The molecule has 0 spiro atoms. The molecule has 3 rings (SSSR count). The number of benzene rings is 2. The highest BCUT2D eigenvalue weighted by atomic mass is 16.5. The van der Waals surface area contributed by atoms with Crippen LogP contribution in [0.2, 0.25) is 0 Å². The van der Waals surface area contributed by atoms with E-state index < -0.39 is 18.2 Å². The highest BCUT2D eigenvalue weighted by molar-refractivity contribution is 5.95. The summed E-state index contributed by atoms with van der Waals surface area (Å²) in [6.45, 7) is 1.87. The molecule has 3 N–H and O–H groups in total. The second kappa shape index (κ2) is 7.25. The van der Waals surface area contributed by atoms with Crippen LogP contribution in [0, 0.1) is 6.92 Å². The third kappa shape index (κ3) is 3.52. The van der Waals surface area contributed by atoms with Gasteiger partial charge in [-0.2, -0.15) is 0 Å². The van der Waals surface area contributed by atoms with Crippen molar-refractivity contribution < 1.29 is 19.7 Å². The van der Waals surface area contributed by atoms with Gasteiger partial charge in [-0.25, -0.2) is 0 Å². The minimum atomic E-state index is -1.000. The van der Waals surface area contributed by atoms with E-state index in [1.165, 1.54) is 0 Å². The summed E-state index contributed by atoms with van der Waals surface area (Å²) in [6, 6.07) is 14.3. The van der Waals surface area contributed by atoms with Gasteiger partial charge in [0.15, 0.2) is 0 Å². The molecular formula is C20H23NO4. The number of ether oxygens (including phenoxy) is 1. The number of rotatable bonds is 4. The van der Waals surface area contributed by atoms with Gasteiger partial charge in [0.05, 0.1) is 19.3 Å². The van der Waals surface area contributed by atoms with Crippen molar-refractivity contribution >= 4 is 5.91 Å². The number of hydrogen-bond donors (Lipinski definition) is 3. The quantitative estimate of drug-likeness (QED) is 0.795. The van der Waals surface area contributed by atoms with Crippen LogP contribution in [-0.2, 0) is 0 Å². The summed E-state index contributed by atoms with van der Waals surface area (Å²) in [7, 11) is 1.60. The Hall–Kier alpha value is -2.37. The normalized spacial score (nSPS) is 25.6. The standard InChI is InChI=1S/C20H23NO4/c1-12-5-3-4-6-15(12)20(24)21-18-16(11-17(22)19(18)23)13-7-9-14(25-2)10-8-13/h3-10,16-19,22-23H,11H2,1-2H3,(H,21,24). The zero-order valence-electron chi connectivity index (χ0n) is 14.3. The average Bonchev–Trinajstić information content (AvgIpc) is 2.90. The van der Waals surface area contributed by atoms with Crippen LogP contribution in [0.4, 0.5) is 0 Å². The van der Waals surface area contributed by atoms with Crippen molar-refractivity contribution in [2.24, 2.45) is 0 Å². The van der Waals surface area contributed by atoms with Crippen molar-refractivity contribution in [3.63, 3.8) is 0 Å². The van der Waals surface area contributed by atoms with E-state index in [4.69, 9.17) is 4.74 Å². The van der Waals surface area contributed by atoms with E-state index in [2.05, 4.69) is 5.32 Å². The maximum Gasteiger partial charge on any atom is 0.251 e. The van der Waals surface area contributed by atoms with Gasteiger partial charge in [0.2, 0.25) is 0 Å². The molecule has 5 nitrogen and oxygen atoms in total. The van der Waals surface area contributed by atoms with Crippen molar-refractivity contribution in [1.82, 2.24) is 5.32 Å². The Morgan fingerprint density at radius 2 is 1.80 bits per heavy atom. The van der Waals surface area contributed by atoms with E-state index in [0.29, 0.717) is 12.0 Å². The molecule has 4 unspecified atom stereocenters. The predicted octanol–water partition coefficient (Wildman–Crippen LogP) is 2.01. The Morgan fingerprint density at radius 3 is 2.44 bits per heavy atom. The molecule has 2 aromatic rings. The Balaban J connectivity index is 1.83. The number of nitrogens with one attached hydrogen (secondary N) is 1. The summed E-state index contributed by atoms with van der Waals surface area (Å²) in [4.78, 5) is 12.6. The molecule has 0 aromatic heterocycles. The minimum absolute atomic E-state index is 0.163. The molecule has 0 aliphatic heterocycles. The second-order valence-electron chi connectivity index (χ2n) is 6.49. The number of carbonyl (C=O) groups is 1. The first-order valence-electron chi connectivity index (χ1n) is 8.38. The minimum Gasteiger partial charge on any atom is -0.497 e. The fourth-order valence-corrected chi connectivity index (χ4v) is 3.46. The summed E-state index contributed by atoms with van der Waals surface area (Å²) in [5, 5.41) is 23.4. The van der Waals surface area contributed by atoms with Crippen LogP contribution in [0.3, 0.4) is 0 Å². The number of hydrogen-bond acceptors (Lipinski definition) is 4. The number of carbonyl (C=O) groups excluding carboxylic acids is 1. The smallest absolute Gasteiger partial charge is 0.251 e. The first-order valence-corrected chi connectivity index (χ1v) is 8.38. The zero-order valence-corrected chi connectivity index (χ0v) is 14.3. The second-order valence-corrected chi connectivity index (χ2v) is 6.49. The molecule has 4 atom stereocenters. The Labute approximate surface area is 147 Å². The van der Waals surface area contributed by atoms with E-state index in [0.717, 1.165) is 16.9 Å². The van der Waals surface area contributed by atoms with Gasteiger partial charge in [0.25, 0.3) is 5.91 Å².